The number of amides is 1. The third kappa shape index (κ3) is 3.38. The van der Waals surface area contributed by atoms with Gasteiger partial charge in [-0.1, -0.05) is 12.1 Å². The number of aromatic nitrogens is 3. The Bertz CT molecular complexity index is 510. The molecular formula is C12H14N4O2. The number of pyridine rings is 1. The largest absolute Gasteiger partial charge is 0.328 e. The van der Waals surface area contributed by atoms with E-state index in [0.717, 1.165) is 5.56 Å². The van der Waals surface area contributed by atoms with Crippen molar-refractivity contribution in [3.05, 3.63) is 35.9 Å². The Morgan fingerprint density at radius 3 is 2.83 bits per heavy atom. The molecule has 0 aliphatic rings. The second-order valence-corrected chi connectivity index (χ2v) is 3.77. The highest BCUT2D eigenvalue weighted by Gasteiger charge is 2.08. The van der Waals surface area contributed by atoms with Crippen LogP contribution in [0.15, 0.2) is 29.0 Å². The van der Waals surface area contributed by atoms with Crippen LogP contribution in [-0.4, -0.2) is 21.0 Å². The second-order valence-electron chi connectivity index (χ2n) is 3.77. The van der Waals surface area contributed by atoms with Crippen molar-refractivity contribution in [2.45, 2.75) is 26.2 Å². The molecule has 0 aromatic carbocycles. The molecule has 6 heteroatoms. The maximum atomic E-state index is 11.6. The fourth-order valence-corrected chi connectivity index (χ4v) is 1.44. The molecule has 2 rings (SSSR count). The summed E-state index contributed by atoms with van der Waals surface area (Å²) in [5.74, 6) is 0.442. The van der Waals surface area contributed by atoms with E-state index in [1.54, 1.807) is 12.4 Å². The van der Waals surface area contributed by atoms with Gasteiger partial charge in [0, 0.05) is 25.2 Å². The van der Waals surface area contributed by atoms with Gasteiger partial charge in [0.25, 0.3) is 0 Å². The molecule has 6 nitrogen and oxygen atoms in total. The van der Waals surface area contributed by atoms with Gasteiger partial charge in [0.2, 0.25) is 5.91 Å². The van der Waals surface area contributed by atoms with E-state index in [-0.39, 0.29) is 11.9 Å². The van der Waals surface area contributed by atoms with Gasteiger partial charge in [0.1, 0.15) is 0 Å². The third-order valence-corrected chi connectivity index (χ3v) is 2.42. The van der Waals surface area contributed by atoms with Crippen molar-refractivity contribution >= 4 is 11.9 Å². The van der Waals surface area contributed by atoms with Crippen molar-refractivity contribution in [1.29, 1.82) is 0 Å². The van der Waals surface area contributed by atoms with Crippen LogP contribution in [0, 0.1) is 0 Å². The molecule has 2 heterocycles. The van der Waals surface area contributed by atoms with E-state index in [1.165, 1.54) is 0 Å². The third-order valence-electron chi connectivity index (χ3n) is 2.42. The first-order chi connectivity index (χ1) is 8.78. The number of carbonyl (C=O) groups excluding carboxylic acids is 1. The van der Waals surface area contributed by atoms with Crippen LogP contribution in [0.25, 0.3) is 0 Å². The van der Waals surface area contributed by atoms with Crippen LogP contribution < -0.4 is 5.32 Å². The number of carbonyl (C=O) groups is 1. The average Bonchev–Trinajstić information content (AvgIpc) is 2.85. The monoisotopic (exact) mass is 246 g/mol. The van der Waals surface area contributed by atoms with E-state index in [4.69, 9.17) is 4.52 Å². The summed E-state index contributed by atoms with van der Waals surface area (Å²) < 4.78 is 4.88. The van der Waals surface area contributed by atoms with Gasteiger partial charge in [-0.15, -0.1) is 0 Å². The molecule has 0 atom stereocenters. The Morgan fingerprint density at radius 1 is 1.39 bits per heavy atom. The van der Waals surface area contributed by atoms with E-state index in [2.05, 4.69) is 20.4 Å². The predicted molar refractivity (Wildman–Crippen MR) is 64.9 cm³/mol. The Kier molecular flexibility index (Phi) is 4.01. The van der Waals surface area contributed by atoms with Gasteiger partial charge < -0.3 is 4.52 Å². The molecule has 2 aromatic heterocycles. The van der Waals surface area contributed by atoms with E-state index < -0.39 is 0 Å². The van der Waals surface area contributed by atoms with Gasteiger partial charge >= 0.3 is 6.01 Å². The number of hydrogen-bond acceptors (Lipinski definition) is 5. The van der Waals surface area contributed by atoms with Crippen LogP contribution in [0.4, 0.5) is 6.01 Å². The first-order valence-electron chi connectivity index (χ1n) is 5.79. The zero-order valence-corrected chi connectivity index (χ0v) is 10.1. The van der Waals surface area contributed by atoms with E-state index >= 15 is 0 Å². The molecule has 0 saturated carbocycles. The van der Waals surface area contributed by atoms with Gasteiger partial charge in [-0.25, -0.2) is 0 Å². The van der Waals surface area contributed by atoms with Gasteiger partial charge in [-0.2, -0.15) is 4.98 Å². The summed E-state index contributed by atoms with van der Waals surface area (Å²) in [6.45, 7) is 1.92. The van der Waals surface area contributed by atoms with Crippen molar-refractivity contribution < 1.29 is 9.32 Å². The maximum Gasteiger partial charge on any atom is 0.328 e. The zero-order valence-electron chi connectivity index (χ0n) is 10.1. The summed E-state index contributed by atoms with van der Waals surface area (Å²) in [5.41, 5.74) is 1.07. The molecule has 18 heavy (non-hydrogen) atoms. The molecule has 94 valence electrons. The highest BCUT2D eigenvalue weighted by Crippen LogP contribution is 2.06. The molecule has 0 radical (unpaired) electrons. The fourth-order valence-electron chi connectivity index (χ4n) is 1.44. The molecule has 1 amide bonds. The molecular weight excluding hydrogens is 232 g/mol. The lowest BCUT2D eigenvalue weighted by Gasteiger charge is -2.00. The Balaban J connectivity index is 1.82. The van der Waals surface area contributed by atoms with Crippen molar-refractivity contribution in [3.8, 4) is 0 Å². The molecule has 0 aliphatic carbocycles. The number of hydrogen-bond donors (Lipinski definition) is 1. The minimum absolute atomic E-state index is 0.141. The minimum atomic E-state index is -0.141. The number of nitrogens with zero attached hydrogens (tertiary/aromatic N) is 3. The number of anilines is 1. The molecule has 0 spiro atoms. The number of aryl methyl sites for hydroxylation is 2. The molecule has 0 fully saturated rings. The smallest absolute Gasteiger partial charge is 0.315 e. The summed E-state index contributed by atoms with van der Waals surface area (Å²) >= 11 is 0. The SMILES string of the molecule is CCc1noc(NC(=O)CCc2ccncc2)n1. The van der Waals surface area contributed by atoms with E-state index in [0.29, 0.717) is 25.1 Å². The average molecular weight is 246 g/mol. The van der Waals surface area contributed by atoms with Crippen LogP contribution in [0.1, 0.15) is 24.7 Å². The molecule has 0 unspecified atom stereocenters. The quantitative estimate of drug-likeness (QED) is 0.866. The van der Waals surface area contributed by atoms with Crippen LogP contribution in [0.2, 0.25) is 0 Å². The molecule has 2 aromatic rings. The lowest BCUT2D eigenvalue weighted by Crippen LogP contribution is -2.12. The number of nitrogens with one attached hydrogen (secondary N) is 1. The van der Waals surface area contributed by atoms with Crippen LogP contribution in [0.3, 0.4) is 0 Å². The van der Waals surface area contributed by atoms with Gasteiger partial charge in [-0.05, 0) is 24.1 Å². The van der Waals surface area contributed by atoms with E-state index in [1.807, 2.05) is 19.1 Å². The minimum Gasteiger partial charge on any atom is -0.315 e. The van der Waals surface area contributed by atoms with Gasteiger partial charge in [-0.3, -0.25) is 15.1 Å². The summed E-state index contributed by atoms with van der Waals surface area (Å²) in [4.78, 5) is 19.6. The molecule has 0 aliphatic heterocycles. The normalized spacial score (nSPS) is 10.3. The first kappa shape index (κ1) is 12.2. The Morgan fingerprint density at radius 2 is 2.17 bits per heavy atom. The second kappa shape index (κ2) is 5.90. The summed E-state index contributed by atoms with van der Waals surface area (Å²) in [7, 11) is 0. The van der Waals surface area contributed by atoms with Crippen molar-refractivity contribution in [2.75, 3.05) is 5.32 Å². The molecule has 1 N–H and O–H groups in total. The lowest BCUT2D eigenvalue weighted by molar-refractivity contribution is -0.116. The highest BCUT2D eigenvalue weighted by molar-refractivity contribution is 5.88. The summed E-state index contributed by atoms with van der Waals surface area (Å²) in [6.07, 6.45) is 5.12. The van der Waals surface area contributed by atoms with Crippen molar-refractivity contribution in [2.24, 2.45) is 0 Å². The molecule has 0 saturated heterocycles. The highest BCUT2D eigenvalue weighted by atomic mass is 16.5. The van der Waals surface area contributed by atoms with Gasteiger partial charge in [0.15, 0.2) is 5.82 Å². The number of rotatable bonds is 5. The van der Waals surface area contributed by atoms with Crippen LogP contribution >= 0.6 is 0 Å². The first-order valence-corrected chi connectivity index (χ1v) is 5.79. The molecule has 0 bridgehead atoms. The fraction of sp³-hybridized carbons (Fsp3) is 0.333. The van der Waals surface area contributed by atoms with Crippen molar-refractivity contribution in [1.82, 2.24) is 15.1 Å². The van der Waals surface area contributed by atoms with Crippen LogP contribution in [-0.2, 0) is 17.6 Å². The van der Waals surface area contributed by atoms with Gasteiger partial charge in [0.05, 0.1) is 0 Å². The van der Waals surface area contributed by atoms with Crippen LogP contribution in [0.5, 0.6) is 0 Å². The Labute approximate surface area is 104 Å². The summed E-state index contributed by atoms with van der Waals surface area (Å²) in [6, 6.07) is 3.93. The Hall–Kier alpha value is -2.24. The maximum absolute atomic E-state index is 11.6. The topological polar surface area (TPSA) is 80.9 Å². The summed E-state index contributed by atoms with van der Waals surface area (Å²) in [5, 5.41) is 6.27. The standard InChI is InChI=1S/C12H14N4O2/c1-2-10-14-12(18-16-10)15-11(17)4-3-9-5-7-13-8-6-9/h5-8H,2-4H2,1H3,(H,14,15,16,17). The zero-order chi connectivity index (χ0) is 12.8. The lowest BCUT2D eigenvalue weighted by atomic mass is 10.1. The van der Waals surface area contributed by atoms with Crippen molar-refractivity contribution in [3.63, 3.8) is 0 Å². The predicted octanol–water partition coefficient (Wildman–Crippen LogP) is 1.60. The van der Waals surface area contributed by atoms with E-state index in [9.17, 15) is 4.79 Å².